The molecule has 150 valence electrons. The van der Waals surface area contributed by atoms with Crippen LogP contribution in [0, 0.1) is 5.82 Å². The molecule has 4 rings (SSSR count). The van der Waals surface area contributed by atoms with Crippen LogP contribution in [0.3, 0.4) is 0 Å². The summed E-state index contributed by atoms with van der Waals surface area (Å²) in [6, 6.07) is 9.48. The highest BCUT2D eigenvalue weighted by Crippen LogP contribution is 2.34. The Morgan fingerprint density at radius 2 is 1.75 bits per heavy atom. The molecule has 2 fully saturated rings. The molecule has 0 bridgehead atoms. The van der Waals surface area contributed by atoms with Gasteiger partial charge in [-0.25, -0.2) is 4.39 Å². The molecule has 1 amide bonds. The smallest absolute Gasteiger partial charge is 0.287 e. The lowest BCUT2D eigenvalue weighted by Crippen LogP contribution is -2.59. The number of nitrogens with zero attached hydrogens (tertiary/aromatic N) is 1. The number of nitrogens with one attached hydrogen (secondary N) is 1. The van der Waals surface area contributed by atoms with Crippen LogP contribution in [-0.4, -0.2) is 49.2 Å². The molecule has 28 heavy (non-hydrogen) atoms. The minimum Gasteiger partial charge on any atom is -0.451 e. The molecule has 5 nitrogen and oxygen atoms in total. The van der Waals surface area contributed by atoms with Gasteiger partial charge in [0.1, 0.15) is 11.6 Å². The number of carbonyl (C=O) groups is 1. The van der Waals surface area contributed by atoms with Gasteiger partial charge in [0.25, 0.3) is 5.91 Å². The Labute approximate surface area is 164 Å². The second-order valence-corrected chi connectivity index (χ2v) is 7.74. The lowest BCUT2D eigenvalue weighted by atomic mass is 9.79. The van der Waals surface area contributed by atoms with Gasteiger partial charge in [-0.3, -0.25) is 9.69 Å². The van der Waals surface area contributed by atoms with Crippen molar-refractivity contribution in [2.24, 2.45) is 0 Å². The lowest BCUT2D eigenvalue weighted by Gasteiger charge is -2.48. The summed E-state index contributed by atoms with van der Waals surface area (Å²) in [7, 11) is 0. The van der Waals surface area contributed by atoms with E-state index in [9.17, 15) is 9.18 Å². The summed E-state index contributed by atoms with van der Waals surface area (Å²) in [5, 5.41) is 3.11. The minimum absolute atomic E-state index is 0.0179. The molecule has 0 spiro atoms. The van der Waals surface area contributed by atoms with E-state index in [0.717, 1.165) is 44.7 Å². The van der Waals surface area contributed by atoms with Crippen LogP contribution in [-0.2, 0) is 4.74 Å². The number of ether oxygens (including phenoxy) is 1. The SMILES string of the molecule is O=C(NCC1(N2CCOCC2)CCCCC1)c1ccc(-c2ccc(F)cc2)o1. The standard InChI is InChI=1S/C22H27FN2O3/c23-18-6-4-17(5-7-18)19-8-9-20(28-19)21(26)24-16-22(10-2-1-3-11-22)25-12-14-27-15-13-25/h4-9H,1-3,10-16H2,(H,24,26). The summed E-state index contributed by atoms with van der Waals surface area (Å²) in [5.41, 5.74) is 0.766. The van der Waals surface area contributed by atoms with Crippen LogP contribution >= 0.6 is 0 Å². The largest absolute Gasteiger partial charge is 0.451 e. The van der Waals surface area contributed by atoms with Crippen LogP contribution < -0.4 is 5.32 Å². The Bertz CT molecular complexity index is 790. The van der Waals surface area contributed by atoms with Crippen molar-refractivity contribution in [2.75, 3.05) is 32.8 Å². The van der Waals surface area contributed by atoms with E-state index in [4.69, 9.17) is 9.15 Å². The normalized spacial score (nSPS) is 20.0. The van der Waals surface area contributed by atoms with Crippen LogP contribution in [0.1, 0.15) is 42.7 Å². The Kier molecular flexibility index (Phi) is 5.78. The summed E-state index contributed by atoms with van der Waals surface area (Å²) in [4.78, 5) is 15.2. The van der Waals surface area contributed by atoms with E-state index in [1.807, 2.05) is 0 Å². The number of hydrogen-bond acceptors (Lipinski definition) is 4. The second-order valence-electron chi connectivity index (χ2n) is 7.74. The fourth-order valence-electron chi connectivity index (χ4n) is 4.41. The summed E-state index contributed by atoms with van der Waals surface area (Å²) in [5.74, 6) is 0.346. The maximum atomic E-state index is 13.1. The topological polar surface area (TPSA) is 54.7 Å². The van der Waals surface area contributed by atoms with Gasteiger partial charge in [0, 0.05) is 30.7 Å². The molecule has 2 aromatic rings. The Morgan fingerprint density at radius 1 is 1.04 bits per heavy atom. The molecule has 0 atom stereocenters. The van der Waals surface area contributed by atoms with Crippen molar-refractivity contribution in [1.29, 1.82) is 0 Å². The van der Waals surface area contributed by atoms with Gasteiger partial charge in [-0.05, 0) is 49.2 Å². The Balaban J connectivity index is 1.43. The molecule has 0 radical (unpaired) electrons. The predicted octanol–water partition coefficient (Wildman–Crippen LogP) is 3.85. The Morgan fingerprint density at radius 3 is 2.46 bits per heavy atom. The van der Waals surface area contributed by atoms with Crippen molar-refractivity contribution < 1.29 is 18.3 Å². The zero-order chi connectivity index (χ0) is 19.4. The molecular formula is C22H27FN2O3. The molecule has 2 aliphatic rings. The summed E-state index contributed by atoms with van der Waals surface area (Å²) >= 11 is 0. The first-order valence-electron chi connectivity index (χ1n) is 10.1. The zero-order valence-corrected chi connectivity index (χ0v) is 16.1. The zero-order valence-electron chi connectivity index (χ0n) is 16.1. The number of morpholine rings is 1. The van der Waals surface area contributed by atoms with E-state index in [2.05, 4.69) is 10.2 Å². The van der Waals surface area contributed by atoms with E-state index < -0.39 is 0 Å². The minimum atomic E-state index is -0.297. The van der Waals surface area contributed by atoms with E-state index >= 15 is 0 Å². The number of amides is 1. The monoisotopic (exact) mass is 386 g/mol. The van der Waals surface area contributed by atoms with Crippen molar-refractivity contribution in [3.63, 3.8) is 0 Å². The highest BCUT2D eigenvalue weighted by Gasteiger charge is 2.39. The first kappa shape index (κ1) is 19.2. The molecule has 6 heteroatoms. The number of furan rings is 1. The van der Waals surface area contributed by atoms with Gasteiger partial charge in [-0.15, -0.1) is 0 Å². The van der Waals surface area contributed by atoms with E-state index in [-0.39, 0.29) is 23.0 Å². The highest BCUT2D eigenvalue weighted by atomic mass is 19.1. The molecule has 1 aromatic carbocycles. The number of benzene rings is 1. The number of rotatable bonds is 5. The summed E-state index contributed by atoms with van der Waals surface area (Å²) in [6.07, 6.45) is 5.86. The van der Waals surface area contributed by atoms with Gasteiger partial charge in [0.15, 0.2) is 5.76 Å². The summed E-state index contributed by atoms with van der Waals surface area (Å²) < 4.78 is 24.3. The molecule has 2 heterocycles. The van der Waals surface area contributed by atoms with Crippen LogP contribution in [0.5, 0.6) is 0 Å². The van der Waals surface area contributed by atoms with Crippen molar-refractivity contribution in [3.05, 3.63) is 48.0 Å². The van der Waals surface area contributed by atoms with Gasteiger partial charge < -0.3 is 14.5 Å². The molecule has 1 N–H and O–H groups in total. The van der Waals surface area contributed by atoms with Crippen LogP contribution in [0.15, 0.2) is 40.8 Å². The maximum absolute atomic E-state index is 13.1. The van der Waals surface area contributed by atoms with Crippen LogP contribution in [0.2, 0.25) is 0 Å². The molecule has 1 saturated carbocycles. The predicted molar refractivity (Wildman–Crippen MR) is 105 cm³/mol. The first-order chi connectivity index (χ1) is 13.7. The van der Waals surface area contributed by atoms with Gasteiger partial charge in [-0.1, -0.05) is 19.3 Å². The number of hydrogen-bond donors (Lipinski definition) is 1. The van der Waals surface area contributed by atoms with Crippen LogP contribution in [0.4, 0.5) is 4.39 Å². The van der Waals surface area contributed by atoms with Crippen LogP contribution in [0.25, 0.3) is 11.3 Å². The third-order valence-corrected chi connectivity index (χ3v) is 6.00. The van der Waals surface area contributed by atoms with Crippen molar-refractivity contribution >= 4 is 5.91 Å². The highest BCUT2D eigenvalue weighted by molar-refractivity contribution is 5.92. The van der Waals surface area contributed by atoms with E-state index in [0.29, 0.717) is 12.3 Å². The van der Waals surface area contributed by atoms with Crippen molar-refractivity contribution in [1.82, 2.24) is 10.2 Å². The molecule has 1 aliphatic carbocycles. The second kappa shape index (κ2) is 8.45. The van der Waals surface area contributed by atoms with Gasteiger partial charge in [0.2, 0.25) is 0 Å². The lowest BCUT2D eigenvalue weighted by molar-refractivity contribution is -0.0362. The molecule has 1 saturated heterocycles. The average Bonchev–Trinajstić information content (AvgIpc) is 3.24. The molecule has 1 aliphatic heterocycles. The van der Waals surface area contributed by atoms with Gasteiger partial charge in [0.05, 0.1) is 13.2 Å². The van der Waals surface area contributed by atoms with Gasteiger partial charge >= 0.3 is 0 Å². The van der Waals surface area contributed by atoms with Crippen molar-refractivity contribution in [2.45, 2.75) is 37.6 Å². The fraction of sp³-hybridized carbons (Fsp3) is 0.500. The molecule has 0 unspecified atom stereocenters. The molecular weight excluding hydrogens is 359 g/mol. The van der Waals surface area contributed by atoms with E-state index in [1.54, 1.807) is 24.3 Å². The summed E-state index contributed by atoms with van der Waals surface area (Å²) in [6.45, 7) is 3.99. The average molecular weight is 386 g/mol. The maximum Gasteiger partial charge on any atom is 0.287 e. The first-order valence-corrected chi connectivity index (χ1v) is 10.1. The number of halogens is 1. The third-order valence-electron chi connectivity index (χ3n) is 6.00. The van der Waals surface area contributed by atoms with E-state index in [1.165, 1.54) is 31.4 Å². The van der Waals surface area contributed by atoms with Crippen molar-refractivity contribution in [3.8, 4) is 11.3 Å². The fourth-order valence-corrected chi connectivity index (χ4v) is 4.41. The third kappa shape index (κ3) is 4.13. The molecule has 1 aromatic heterocycles. The van der Waals surface area contributed by atoms with Gasteiger partial charge in [-0.2, -0.15) is 0 Å². The quantitative estimate of drug-likeness (QED) is 0.848. The number of carbonyl (C=O) groups excluding carboxylic acids is 1. The Hall–Kier alpha value is -2.18.